The van der Waals surface area contributed by atoms with Crippen LogP contribution in [0.15, 0.2) is 11.8 Å². The van der Waals surface area contributed by atoms with Gasteiger partial charge in [-0.2, -0.15) is 0 Å². The van der Waals surface area contributed by atoms with Crippen LogP contribution >= 0.6 is 0 Å². The number of hydrogen-bond donors (Lipinski definition) is 1. The molecule has 6 nitrogen and oxygen atoms in total. The van der Waals surface area contributed by atoms with Gasteiger partial charge >= 0.3 is 6.09 Å². The van der Waals surface area contributed by atoms with Crippen LogP contribution in [0.3, 0.4) is 0 Å². The van der Waals surface area contributed by atoms with Crippen LogP contribution in [0.4, 0.5) is 4.79 Å². The molecule has 1 rings (SSSR count). The third-order valence-corrected chi connectivity index (χ3v) is 8.54. The maximum atomic E-state index is 11.8. The van der Waals surface area contributed by atoms with Crippen molar-refractivity contribution in [3.05, 3.63) is 11.8 Å². The number of nitrogens with zero attached hydrogens (tertiary/aromatic N) is 1. The Morgan fingerprint density at radius 1 is 1.43 bits per heavy atom. The van der Waals surface area contributed by atoms with Crippen LogP contribution in [0.5, 0.6) is 0 Å². The van der Waals surface area contributed by atoms with E-state index in [0.29, 0.717) is 0 Å². The van der Waals surface area contributed by atoms with E-state index >= 15 is 0 Å². The Morgan fingerprint density at radius 2 is 2.00 bits per heavy atom. The lowest BCUT2D eigenvalue weighted by atomic mass is 10.2. The van der Waals surface area contributed by atoms with E-state index < -0.39 is 26.4 Å². The fourth-order valence-electron chi connectivity index (χ4n) is 1.65. The molecule has 0 aromatic carbocycles. The van der Waals surface area contributed by atoms with E-state index in [1.54, 1.807) is 6.92 Å². The molecule has 0 unspecified atom stereocenters. The molecule has 0 aliphatic carbocycles. The standard InChI is InChI=1S/C14H25NO5Si/c1-7-19-13(18)15-10(11(16)8-12(15)17)9-20-21(5,6)14(2,3)4/h8,10,16H,7,9H2,1-6H3/t10-/m0/s1. The van der Waals surface area contributed by atoms with Crippen molar-refractivity contribution in [3.8, 4) is 0 Å². The zero-order chi connectivity index (χ0) is 16.4. The van der Waals surface area contributed by atoms with Crippen molar-refractivity contribution in [2.75, 3.05) is 13.2 Å². The van der Waals surface area contributed by atoms with Gasteiger partial charge in [-0.15, -0.1) is 0 Å². The van der Waals surface area contributed by atoms with Crippen molar-refractivity contribution < 1.29 is 23.9 Å². The molecule has 120 valence electrons. The van der Waals surface area contributed by atoms with Crippen LogP contribution in [0, 0.1) is 0 Å². The molecule has 0 saturated heterocycles. The Bertz CT molecular complexity index is 453. The molecule has 1 heterocycles. The van der Waals surface area contributed by atoms with E-state index in [9.17, 15) is 14.7 Å². The zero-order valence-electron chi connectivity index (χ0n) is 13.6. The maximum Gasteiger partial charge on any atom is 0.417 e. The van der Waals surface area contributed by atoms with Crippen LogP contribution in [0.2, 0.25) is 18.1 Å². The second-order valence-electron chi connectivity index (χ2n) is 6.56. The highest BCUT2D eigenvalue weighted by atomic mass is 28.4. The molecule has 7 heteroatoms. The smallest absolute Gasteiger partial charge is 0.417 e. The summed E-state index contributed by atoms with van der Waals surface area (Å²) >= 11 is 0. The summed E-state index contributed by atoms with van der Waals surface area (Å²) in [6, 6.07) is -0.800. The van der Waals surface area contributed by atoms with Crippen LogP contribution in [0.1, 0.15) is 27.7 Å². The fraction of sp³-hybridized carbons (Fsp3) is 0.714. The molecule has 0 radical (unpaired) electrons. The largest absolute Gasteiger partial charge is 0.510 e. The van der Waals surface area contributed by atoms with E-state index in [1.807, 2.05) is 0 Å². The molecule has 0 aromatic heterocycles. The average Bonchev–Trinajstić information content (AvgIpc) is 2.60. The lowest BCUT2D eigenvalue weighted by Crippen LogP contribution is -2.48. The van der Waals surface area contributed by atoms with Gasteiger partial charge in [0.25, 0.3) is 5.91 Å². The highest BCUT2D eigenvalue weighted by Crippen LogP contribution is 2.37. The fourth-order valence-corrected chi connectivity index (χ4v) is 2.66. The van der Waals surface area contributed by atoms with E-state index in [2.05, 4.69) is 33.9 Å². The van der Waals surface area contributed by atoms with Gasteiger partial charge in [0.1, 0.15) is 11.8 Å². The first-order valence-electron chi connectivity index (χ1n) is 7.05. The molecule has 1 N–H and O–H groups in total. The van der Waals surface area contributed by atoms with Crippen molar-refractivity contribution in [2.45, 2.75) is 51.9 Å². The average molecular weight is 315 g/mol. The monoisotopic (exact) mass is 315 g/mol. The van der Waals surface area contributed by atoms with E-state index in [-0.39, 0.29) is 24.0 Å². The SMILES string of the molecule is CCOC(=O)N1C(=O)C=C(O)[C@@H]1CO[Si](C)(C)C(C)(C)C. The molecular formula is C14H25NO5Si. The number of imide groups is 1. The number of hydrogen-bond acceptors (Lipinski definition) is 5. The number of ether oxygens (including phenoxy) is 1. The first kappa shape index (κ1) is 17.7. The lowest BCUT2D eigenvalue weighted by molar-refractivity contribution is -0.125. The zero-order valence-corrected chi connectivity index (χ0v) is 14.6. The Hall–Kier alpha value is -1.34. The van der Waals surface area contributed by atoms with E-state index in [1.165, 1.54) is 0 Å². The number of rotatable bonds is 4. The molecule has 2 amide bonds. The maximum absolute atomic E-state index is 11.8. The molecule has 0 bridgehead atoms. The minimum absolute atomic E-state index is 0.00367. The van der Waals surface area contributed by atoms with Crippen molar-refractivity contribution in [1.82, 2.24) is 4.90 Å². The molecule has 1 aliphatic rings. The van der Waals surface area contributed by atoms with Crippen molar-refractivity contribution >= 4 is 20.3 Å². The summed E-state index contributed by atoms with van der Waals surface area (Å²) < 4.78 is 10.8. The summed E-state index contributed by atoms with van der Waals surface area (Å²) in [5.41, 5.74) is 0. The van der Waals surface area contributed by atoms with Gasteiger partial charge in [0.05, 0.1) is 13.2 Å². The molecule has 0 fully saturated rings. The number of carbonyl (C=O) groups excluding carboxylic acids is 2. The van der Waals surface area contributed by atoms with Crippen molar-refractivity contribution in [2.24, 2.45) is 0 Å². The Kier molecular flexibility index (Phi) is 5.22. The van der Waals surface area contributed by atoms with Gasteiger partial charge in [0.2, 0.25) is 0 Å². The van der Waals surface area contributed by atoms with Gasteiger partial charge in [-0.25, -0.2) is 9.69 Å². The molecule has 21 heavy (non-hydrogen) atoms. The number of aliphatic hydroxyl groups is 1. The van der Waals surface area contributed by atoms with Crippen LogP contribution in [-0.4, -0.2) is 49.6 Å². The van der Waals surface area contributed by atoms with Crippen molar-refractivity contribution in [3.63, 3.8) is 0 Å². The van der Waals surface area contributed by atoms with Gasteiger partial charge in [-0.3, -0.25) is 4.79 Å². The Balaban J connectivity index is 2.82. The number of carbonyl (C=O) groups is 2. The first-order valence-corrected chi connectivity index (χ1v) is 9.96. The quantitative estimate of drug-likeness (QED) is 0.807. The Morgan fingerprint density at radius 3 is 2.48 bits per heavy atom. The normalized spacial score (nSPS) is 19.7. The third-order valence-electron chi connectivity index (χ3n) is 4.03. The number of aliphatic hydroxyl groups excluding tert-OH is 1. The molecule has 0 aromatic rings. The topological polar surface area (TPSA) is 76.1 Å². The van der Waals surface area contributed by atoms with Gasteiger partial charge < -0.3 is 14.3 Å². The summed E-state index contributed by atoms with van der Waals surface area (Å²) in [5, 5.41) is 9.88. The minimum atomic E-state index is -2.04. The molecule has 1 aliphatic heterocycles. The van der Waals surface area contributed by atoms with Crippen molar-refractivity contribution in [1.29, 1.82) is 0 Å². The lowest BCUT2D eigenvalue weighted by Gasteiger charge is -2.37. The summed E-state index contributed by atoms with van der Waals surface area (Å²) in [5.74, 6) is -0.735. The van der Waals surface area contributed by atoms with Gasteiger partial charge in [0.15, 0.2) is 8.32 Å². The molecule has 0 spiro atoms. The predicted octanol–water partition coefficient (Wildman–Crippen LogP) is 2.82. The number of amides is 2. The summed E-state index contributed by atoms with van der Waals surface area (Å²) in [6.07, 6.45) is 0.281. The van der Waals surface area contributed by atoms with Gasteiger partial charge in [0, 0.05) is 6.08 Å². The van der Waals surface area contributed by atoms with E-state index in [0.717, 1.165) is 11.0 Å². The van der Waals surface area contributed by atoms with Gasteiger partial charge in [-0.1, -0.05) is 20.8 Å². The molecule has 1 atom stereocenters. The van der Waals surface area contributed by atoms with Crippen LogP contribution in [0.25, 0.3) is 0 Å². The van der Waals surface area contributed by atoms with Gasteiger partial charge in [-0.05, 0) is 25.1 Å². The second-order valence-corrected chi connectivity index (χ2v) is 11.4. The Labute approximate surface area is 126 Å². The highest BCUT2D eigenvalue weighted by molar-refractivity contribution is 6.74. The van der Waals surface area contributed by atoms with Crippen LogP contribution < -0.4 is 0 Å². The summed E-state index contributed by atoms with van der Waals surface area (Å²) in [7, 11) is -2.04. The molecular weight excluding hydrogens is 290 g/mol. The minimum Gasteiger partial charge on any atom is -0.510 e. The second kappa shape index (κ2) is 6.19. The molecule has 0 saturated carbocycles. The highest BCUT2D eigenvalue weighted by Gasteiger charge is 2.42. The summed E-state index contributed by atoms with van der Waals surface area (Å²) in [6.45, 7) is 12.3. The first-order chi connectivity index (χ1) is 9.51. The third kappa shape index (κ3) is 3.85. The van der Waals surface area contributed by atoms with E-state index in [4.69, 9.17) is 9.16 Å². The summed E-state index contributed by atoms with van der Waals surface area (Å²) in [4.78, 5) is 24.5. The van der Waals surface area contributed by atoms with Crippen LogP contribution in [-0.2, 0) is 14.0 Å². The predicted molar refractivity (Wildman–Crippen MR) is 81.5 cm³/mol.